The molecule has 1 aromatic carbocycles. The second-order valence-corrected chi connectivity index (χ2v) is 5.33. The Hall–Kier alpha value is -2.21. The molecule has 6 heteroatoms. The van der Waals surface area contributed by atoms with Crippen LogP contribution in [0.15, 0.2) is 27.7 Å². The molecule has 0 unspecified atom stereocenters. The van der Waals surface area contributed by atoms with Gasteiger partial charge in [0.2, 0.25) is 0 Å². The van der Waals surface area contributed by atoms with E-state index in [1.807, 2.05) is 37.7 Å². The van der Waals surface area contributed by atoms with Crippen LogP contribution in [0.25, 0.3) is 22.0 Å². The second-order valence-electron chi connectivity index (χ2n) is 5.33. The van der Waals surface area contributed by atoms with Crippen molar-refractivity contribution in [2.45, 2.75) is 19.9 Å². The van der Waals surface area contributed by atoms with Gasteiger partial charge in [-0.2, -0.15) is 4.98 Å². The van der Waals surface area contributed by atoms with Crippen LogP contribution >= 0.6 is 0 Å². The molecular formula is C15H18N4O2. The third-order valence-corrected chi connectivity index (χ3v) is 3.58. The summed E-state index contributed by atoms with van der Waals surface area (Å²) in [6.45, 7) is 3.66. The predicted molar refractivity (Wildman–Crippen MR) is 81.5 cm³/mol. The molecule has 0 aliphatic heterocycles. The molecule has 0 amide bonds. The van der Waals surface area contributed by atoms with E-state index in [4.69, 9.17) is 4.42 Å². The second kappa shape index (κ2) is 5.29. The van der Waals surface area contributed by atoms with Crippen LogP contribution in [0, 0.1) is 0 Å². The summed E-state index contributed by atoms with van der Waals surface area (Å²) in [6, 6.07) is 3.88. The zero-order valence-electron chi connectivity index (χ0n) is 12.5. The van der Waals surface area contributed by atoms with E-state index in [9.17, 15) is 4.79 Å². The third kappa shape index (κ3) is 2.42. The Bertz CT molecular complexity index is 848. The lowest BCUT2D eigenvalue weighted by Crippen LogP contribution is -2.18. The molecule has 110 valence electrons. The van der Waals surface area contributed by atoms with Crippen LogP contribution in [-0.2, 0) is 13.0 Å². The maximum absolute atomic E-state index is 11.7. The summed E-state index contributed by atoms with van der Waals surface area (Å²) in [5.74, 6) is -0.549. The molecule has 2 aromatic heterocycles. The number of imidazole rings is 1. The maximum Gasteiger partial charge on any atom is 0.439 e. The molecule has 3 rings (SSSR count). The molecule has 0 radical (unpaired) electrons. The monoisotopic (exact) mass is 286 g/mol. The number of aromatic nitrogens is 3. The first kappa shape index (κ1) is 13.8. The summed E-state index contributed by atoms with van der Waals surface area (Å²) in [4.78, 5) is 22.1. The number of rotatable bonds is 4. The highest BCUT2D eigenvalue weighted by molar-refractivity contribution is 6.01. The number of benzene rings is 1. The summed E-state index contributed by atoms with van der Waals surface area (Å²) in [5.41, 5.74) is 3.05. The normalized spacial score (nSPS) is 11.8. The number of nitrogens with zero attached hydrogens (tertiary/aromatic N) is 4. The zero-order valence-corrected chi connectivity index (χ0v) is 12.5. The quantitative estimate of drug-likeness (QED) is 0.730. The number of aryl methyl sites for hydroxylation is 1. The van der Waals surface area contributed by atoms with Crippen LogP contribution in [0.3, 0.4) is 0 Å². The number of hydrogen-bond donors (Lipinski definition) is 0. The van der Waals surface area contributed by atoms with Gasteiger partial charge >= 0.3 is 5.76 Å². The van der Waals surface area contributed by atoms with Crippen molar-refractivity contribution in [2.75, 3.05) is 20.6 Å². The van der Waals surface area contributed by atoms with Crippen LogP contribution in [0.4, 0.5) is 0 Å². The minimum atomic E-state index is -0.549. The van der Waals surface area contributed by atoms with Crippen LogP contribution < -0.4 is 5.76 Å². The molecule has 0 bridgehead atoms. The average Bonchev–Trinajstić information content (AvgIpc) is 2.87. The zero-order chi connectivity index (χ0) is 15.0. The van der Waals surface area contributed by atoms with Gasteiger partial charge in [0, 0.05) is 18.5 Å². The Kier molecular flexibility index (Phi) is 3.47. The van der Waals surface area contributed by atoms with E-state index < -0.39 is 5.76 Å². The molecule has 21 heavy (non-hydrogen) atoms. The van der Waals surface area contributed by atoms with Gasteiger partial charge in [0.25, 0.3) is 0 Å². The lowest BCUT2D eigenvalue weighted by molar-refractivity contribution is 0.386. The fourth-order valence-electron chi connectivity index (χ4n) is 2.49. The first-order valence-electron chi connectivity index (χ1n) is 7.02. The first-order chi connectivity index (χ1) is 10.1. The van der Waals surface area contributed by atoms with E-state index in [0.29, 0.717) is 12.0 Å². The Morgan fingerprint density at radius 3 is 2.86 bits per heavy atom. The van der Waals surface area contributed by atoms with E-state index in [1.54, 1.807) is 6.33 Å². The van der Waals surface area contributed by atoms with Crippen molar-refractivity contribution >= 4 is 22.0 Å². The van der Waals surface area contributed by atoms with Gasteiger partial charge in [0.1, 0.15) is 5.52 Å². The lowest BCUT2D eigenvalue weighted by Gasteiger charge is -2.11. The molecule has 0 aliphatic carbocycles. The van der Waals surface area contributed by atoms with Crippen LogP contribution in [0.1, 0.15) is 12.6 Å². The molecule has 0 atom stereocenters. The fraction of sp³-hybridized carbons (Fsp3) is 0.400. The van der Waals surface area contributed by atoms with Crippen LogP contribution in [0.5, 0.6) is 0 Å². The minimum Gasteiger partial charge on any atom is -0.406 e. The summed E-state index contributed by atoms with van der Waals surface area (Å²) in [6.07, 6.45) is 2.49. The van der Waals surface area contributed by atoms with Crippen molar-refractivity contribution in [2.24, 2.45) is 0 Å². The molecule has 0 N–H and O–H groups in total. The van der Waals surface area contributed by atoms with Crippen molar-refractivity contribution in [1.82, 2.24) is 19.4 Å². The Balaban J connectivity index is 2.28. The van der Waals surface area contributed by atoms with Crippen LogP contribution in [-0.4, -0.2) is 40.1 Å². The average molecular weight is 286 g/mol. The van der Waals surface area contributed by atoms with E-state index in [-0.39, 0.29) is 0 Å². The Morgan fingerprint density at radius 1 is 1.33 bits per heavy atom. The number of likely N-dealkylation sites (N-methyl/N-ethyl adjacent to an activating group) is 1. The maximum atomic E-state index is 11.7. The number of hydrogen-bond acceptors (Lipinski definition) is 5. The van der Waals surface area contributed by atoms with E-state index in [1.165, 1.54) is 0 Å². The highest BCUT2D eigenvalue weighted by Gasteiger charge is 2.13. The Morgan fingerprint density at radius 2 is 2.14 bits per heavy atom. The minimum absolute atomic E-state index is 0.549. The van der Waals surface area contributed by atoms with Gasteiger partial charge in [-0.25, -0.2) is 9.78 Å². The van der Waals surface area contributed by atoms with Gasteiger partial charge in [-0.1, -0.05) is 6.92 Å². The van der Waals surface area contributed by atoms with Crippen LogP contribution in [0.2, 0.25) is 0 Å². The third-order valence-electron chi connectivity index (χ3n) is 3.58. The molecule has 0 fully saturated rings. The highest BCUT2D eigenvalue weighted by Crippen LogP contribution is 2.25. The van der Waals surface area contributed by atoms with Gasteiger partial charge in [-0.3, -0.25) is 0 Å². The van der Waals surface area contributed by atoms with Gasteiger partial charge in [-0.15, -0.1) is 0 Å². The molecule has 3 aromatic rings. The van der Waals surface area contributed by atoms with E-state index in [0.717, 1.165) is 35.2 Å². The SMILES string of the molecule is CCc1nc(=O)oc2c1ccc1ncn(CCN(C)C)c12. The number of fused-ring (bicyclic) bond motifs is 3. The summed E-state index contributed by atoms with van der Waals surface area (Å²) >= 11 is 0. The molecule has 0 saturated carbocycles. The van der Waals surface area contributed by atoms with Crippen molar-refractivity contribution in [3.8, 4) is 0 Å². The molecule has 0 spiro atoms. The summed E-state index contributed by atoms with van der Waals surface area (Å²) in [7, 11) is 4.05. The van der Waals surface area contributed by atoms with E-state index >= 15 is 0 Å². The van der Waals surface area contributed by atoms with Gasteiger partial charge in [0.05, 0.1) is 17.5 Å². The fourth-order valence-corrected chi connectivity index (χ4v) is 2.49. The molecule has 2 heterocycles. The molecule has 0 aliphatic rings. The van der Waals surface area contributed by atoms with Crippen molar-refractivity contribution in [1.29, 1.82) is 0 Å². The molecule has 6 nitrogen and oxygen atoms in total. The van der Waals surface area contributed by atoms with Gasteiger partial charge < -0.3 is 13.9 Å². The summed E-state index contributed by atoms with van der Waals surface area (Å²) < 4.78 is 7.41. The van der Waals surface area contributed by atoms with Gasteiger partial charge in [0.15, 0.2) is 5.58 Å². The first-order valence-corrected chi connectivity index (χ1v) is 7.02. The Labute approximate surface area is 122 Å². The smallest absolute Gasteiger partial charge is 0.406 e. The van der Waals surface area contributed by atoms with Crippen molar-refractivity contribution in [3.63, 3.8) is 0 Å². The topological polar surface area (TPSA) is 64.2 Å². The van der Waals surface area contributed by atoms with Crippen molar-refractivity contribution < 1.29 is 4.42 Å². The standard InChI is InChI=1S/C15H18N4O2/c1-4-11-10-5-6-12-13(14(10)21-15(20)17-11)19(9-16-12)8-7-18(2)3/h5-6,9H,4,7-8H2,1-3H3. The largest absolute Gasteiger partial charge is 0.439 e. The molecule has 0 saturated heterocycles. The van der Waals surface area contributed by atoms with Crippen molar-refractivity contribution in [3.05, 3.63) is 34.7 Å². The highest BCUT2D eigenvalue weighted by atomic mass is 16.4. The predicted octanol–water partition coefficient (Wildman–Crippen LogP) is 1.66. The van der Waals surface area contributed by atoms with Gasteiger partial charge in [-0.05, 0) is 32.6 Å². The molecular weight excluding hydrogens is 268 g/mol. The summed E-state index contributed by atoms with van der Waals surface area (Å²) in [5, 5.41) is 0.885. The lowest BCUT2D eigenvalue weighted by atomic mass is 10.1. The van der Waals surface area contributed by atoms with E-state index in [2.05, 4.69) is 14.9 Å².